The van der Waals surface area contributed by atoms with Gasteiger partial charge in [0, 0.05) is 16.5 Å². The monoisotopic (exact) mass is 460 g/mol. The first kappa shape index (κ1) is 21.9. The molecule has 0 spiro atoms. The summed E-state index contributed by atoms with van der Waals surface area (Å²) in [6.07, 6.45) is -0.534. The first-order valence-electron chi connectivity index (χ1n) is 8.63. The molecule has 0 saturated carbocycles. The molecule has 29 heavy (non-hydrogen) atoms. The third-order valence-electron chi connectivity index (χ3n) is 3.71. The highest BCUT2D eigenvalue weighted by atomic mass is 35.5. The minimum atomic E-state index is -2.89. The molecule has 0 atom stereocenters. The maximum absolute atomic E-state index is 13.0. The van der Waals surface area contributed by atoms with Crippen molar-refractivity contribution in [1.82, 2.24) is 4.98 Å². The SMILES string of the molecule is CC(C)(C)OC(=O)N(Cc1cccs1)c1cc(Cl)nc2c(COC(F)F)csc12. The van der Waals surface area contributed by atoms with E-state index in [1.807, 2.05) is 17.5 Å². The minimum Gasteiger partial charge on any atom is -0.443 e. The number of hydrogen-bond acceptors (Lipinski definition) is 6. The van der Waals surface area contributed by atoms with Crippen molar-refractivity contribution in [3.8, 4) is 0 Å². The summed E-state index contributed by atoms with van der Waals surface area (Å²) in [7, 11) is 0. The molecular formula is C19H19ClF2N2O3S2. The first-order chi connectivity index (χ1) is 13.6. The molecule has 3 aromatic heterocycles. The Balaban J connectivity index is 2.05. The summed E-state index contributed by atoms with van der Waals surface area (Å²) in [4.78, 5) is 19.7. The Hall–Kier alpha value is -1.81. The largest absolute Gasteiger partial charge is 0.443 e. The van der Waals surface area contributed by atoms with Gasteiger partial charge in [-0.1, -0.05) is 17.7 Å². The predicted molar refractivity (Wildman–Crippen MR) is 112 cm³/mol. The van der Waals surface area contributed by atoms with Gasteiger partial charge in [0.2, 0.25) is 0 Å². The molecule has 3 aromatic rings. The van der Waals surface area contributed by atoms with Crippen molar-refractivity contribution in [2.45, 2.75) is 46.1 Å². The summed E-state index contributed by atoms with van der Waals surface area (Å²) in [5.74, 6) is 0. The van der Waals surface area contributed by atoms with Crippen molar-refractivity contribution in [1.29, 1.82) is 0 Å². The summed E-state index contributed by atoms with van der Waals surface area (Å²) < 4.78 is 35.6. The van der Waals surface area contributed by atoms with Gasteiger partial charge in [-0.05, 0) is 37.6 Å². The lowest BCUT2D eigenvalue weighted by atomic mass is 10.2. The van der Waals surface area contributed by atoms with E-state index in [4.69, 9.17) is 16.3 Å². The molecule has 0 saturated heterocycles. The molecule has 3 rings (SSSR count). The number of rotatable bonds is 6. The molecule has 0 aliphatic rings. The maximum atomic E-state index is 13.0. The number of halogens is 3. The lowest BCUT2D eigenvalue weighted by molar-refractivity contribution is -0.136. The van der Waals surface area contributed by atoms with Crippen LogP contribution in [0.1, 0.15) is 31.2 Å². The van der Waals surface area contributed by atoms with Crippen LogP contribution in [0.3, 0.4) is 0 Å². The van der Waals surface area contributed by atoms with Crippen LogP contribution in [-0.2, 0) is 22.6 Å². The normalized spacial score (nSPS) is 12.0. The van der Waals surface area contributed by atoms with Crippen LogP contribution in [0.4, 0.5) is 19.3 Å². The molecule has 0 unspecified atom stereocenters. The van der Waals surface area contributed by atoms with E-state index >= 15 is 0 Å². The Morgan fingerprint density at radius 2 is 2.10 bits per heavy atom. The van der Waals surface area contributed by atoms with Crippen LogP contribution in [0, 0.1) is 0 Å². The summed E-state index contributed by atoms with van der Waals surface area (Å²) in [6.45, 7) is 2.45. The van der Waals surface area contributed by atoms with Crippen molar-refractivity contribution in [2.24, 2.45) is 0 Å². The van der Waals surface area contributed by atoms with Crippen molar-refractivity contribution in [3.05, 3.63) is 44.6 Å². The number of hydrogen-bond donors (Lipinski definition) is 0. The number of aromatic nitrogens is 1. The highest BCUT2D eigenvalue weighted by Crippen LogP contribution is 2.37. The topological polar surface area (TPSA) is 51.7 Å². The van der Waals surface area contributed by atoms with E-state index in [1.165, 1.54) is 27.6 Å². The second kappa shape index (κ2) is 8.91. The molecular weight excluding hydrogens is 442 g/mol. The number of thiophene rings is 2. The first-order valence-corrected chi connectivity index (χ1v) is 10.8. The second-order valence-corrected chi connectivity index (χ2v) is 9.42. The fourth-order valence-corrected chi connectivity index (χ4v) is 4.49. The zero-order valence-corrected chi connectivity index (χ0v) is 18.3. The van der Waals surface area contributed by atoms with Gasteiger partial charge in [0.15, 0.2) is 0 Å². The van der Waals surface area contributed by atoms with Crippen LogP contribution in [0.5, 0.6) is 0 Å². The van der Waals surface area contributed by atoms with Crippen LogP contribution >= 0.6 is 34.3 Å². The van der Waals surface area contributed by atoms with E-state index in [2.05, 4.69) is 9.72 Å². The van der Waals surface area contributed by atoms with Crippen LogP contribution in [-0.4, -0.2) is 23.3 Å². The van der Waals surface area contributed by atoms with Crippen LogP contribution < -0.4 is 4.90 Å². The zero-order valence-electron chi connectivity index (χ0n) is 15.9. The molecule has 0 aromatic carbocycles. The number of carbonyl (C=O) groups is 1. The Labute approximate surface area is 179 Å². The van der Waals surface area contributed by atoms with E-state index in [0.717, 1.165) is 4.88 Å². The quantitative estimate of drug-likeness (QED) is 0.384. The van der Waals surface area contributed by atoms with Crippen molar-refractivity contribution in [3.63, 3.8) is 0 Å². The number of nitrogens with zero attached hydrogens (tertiary/aromatic N) is 2. The fraction of sp³-hybridized carbons (Fsp3) is 0.368. The van der Waals surface area contributed by atoms with Gasteiger partial charge < -0.3 is 9.47 Å². The molecule has 10 heteroatoms. The van der Waals surface area contributed by atoms with Crippen molar-refractivity contribution >= 4 is 56.3 Å². The summed E-state index contributed by atoms with van der Waals surface area (Å²) >= 11 is 9.00. The maximum Gasteiger partial charge on any atom is 0.415 e. The molecule has 5 nitrogen and oxygen atoms in total. The minimum absolute atomic E-state index is 0.143. The lowest BCUT2D eigenvalue weighted by Crippen LogP contribution is -2.36. The number of anilines is 1. The lowest BCUT2D eigenvalue weighted by Gasteiger charge is -2.27. The molecule has 1 amide bonds. The average Bonchev–Trinajstić information content (AvgIpc) is 3.25. The zero-order chi connectivity index (χ0) is 21.2. The van der Waals surface area contributed by atoms with Crippen LogP contribution in [0.25, 0.3) is 10.2 Å². The van der Waals surface area contributed by atoms with Gasteiger partial charge in [0.05, 0.1) is 29.1 Å². The van der Waals surface area contributed by atoms with E-state index in [-0.39, 0.29) is 18.3 Å². The van der Waals surface area contributed by atoms with Crippen LogP contribution in [0.2, 0.25) is 5.15 Å². The van der Waals surface area contributed by atoms with E-state index in [1.54, 1.807) is 32.2 Å². The summed E-state index contributed by atoms with van der Waals surface area (Å²) in [5.41, 5.74) is 0.732. The second-order valence-electron chi connectivity index (χ2n) is 7.12. The van der Waals surface area contributed by atoms with Gasteiger partial charge in [0.25, 0.3) is 0 Å². The molecule has 156 valence electrons. The number of carbonyl (C=O) groups excluding carboxylic acids is 1. The van der Waals surface area contributed by atoms with Crippen LogP contribution in [0.15, 0.2) is 29.0 Å². The molecule has 3 heterocycles. The molecule has 0 aliphatic carbocycles. The summed E-state index contributed by atoms with van der Waals surface area (Å²) in [5, 5.41) is 3.74. The summed E-state index contributed by atoms with van der Waals surface area (Å²) in [6, 6.07) is 5.39. The smallest absolute Gasteiger partial charge is 0.415 e. The average molecular weight is 461 g/mol. The number of fused-ring (bicyclic) bond motifs is 1. The number of alkyl halides is 2. The predicted octanol–water partition coefficient (Wildman–Crippen LogP) is 6.69. The van der Waals surface area contributed by atoms with E-state index in [0.29, 0.717) is 21.5 Å². The highest BCUT2D eigenvalue weighted by molar-refractivity contribution is 7.18. The Morgan fingerprint density at radius 1 is 1.34 bits per heavy atom. The molecule has 0 radical (unpaired) electrons. The molecule has 0 bridgehead atoms. The Morgan fingerprint density at radius 3 is 2.72 bits per heavy atom. The van der Waals surface area contributed by atoms with Gasteiger partial charge >= 0.3 is 12.7 Å². The Bertz CT molecular complexity index is 987. The fourth-order valence-electron chi connectivity index (χ4n) is 2.59. The highest BCUT2D eigenvalue weighted by Gasteiger charge is 2.27. The van der Waals surface area contributed by atoms with E-state index < -0.39 is 18.3 Å². The van der Waals surface area contributed by atoms with Gasteiger partial charge in [0.1, 0.15) is 10.8 Å². The third kappa shape index (κ3) is 5.63. The standard InChI is InChI=1S/C19H19ClF2N2O3S2/c1-19(2,3)27-18(25)24(8-12-5-4-6-28-12)13-7-14(20)23-15-11(9-26-17(21)22)10-29-16(13)15/h4-7,10,17H,8-9H2,1-3H3. The number of amides is 1. The molecule has 0 N–H and O–H groups in total. The van der Waals surface area contributed by atoms with Gasteiger partial charge in [-0.2, -0.15) is 8.78 Å². The van der Waals surface area contributed by atoms with E-state index in [9.17, 15) is 13.6 Å². The molecule has 0 aliphatic heterocycles. The number of ether oxygens (including phenoxy) is 2. The van der Waals surface area contributed by atoms with Gasteiger partial charge in [-0.25, -0.2) is 9.78 Å². The van der Waals surface area contributed by atoms with Gasteiger partial charge in [-0.15, -0.1) is 22.7 Å². The van der Waals surface area contributed by atoms with Crippen molar-refractivity contribution < 1.29 is 23.0 Å². The Kier molecular flexibility index (Phi) is 6.72. The third-order valence-corrected chi connectivity index (χ3v) is 5.80. The number of pyridine rings is 1. The van der Waals surface area contributed by atoms with Gasteiger partial charge in [-0.3, -0.25) is 4.90 Å². The molecule has 0 fully saturated rings. The van der Waals surface area contributed by atoms with Crippen molar-refractivity contribution in [2.75, 3.05) is 4.90 Å².